The minimum Gasteiger partial charge on any atom is -0.486 e. The number of aldehydes is 1. The minimum atomic E-state index is -0.523. The molecule has 0 spiro atoms. The summed E-state index contributed by atoms with van der Waals surface area (Å²) in [5, 5.41) is 9.26. The normalized spacial score (nSPS) is 17.6. The number of pyridine rings is 1. The van der Waals surface area contributed by atoms with Crippen LogP contribution in [0.25, 0.3) is 11.0 Å². The third-order valence-corrected chi connectivity index (χ3v) is 7.37. The molecule has 4 aromatic rings. The number of halogens is 3. The summed E-state index contributed by atoms with van der Waals surface area (Å²) in [4.78, 5) is 22.4. The van der Waals surface area contributed by atoms with Crippen LogP contribution >= 0.6 is 11.6 Å². The van der Waals surface area contributed by atoms with Crippen molar-refractivity contribution in [2.24, 2.45) is 7.05 Å². The van der Waals surface area contributed by atoms with Gasteiger partial charge in [-0.3, -0.25) is 14.7 Å². The first-order valence-electron chi connectivity index (χ1n) is 12.0. The van der Waals surface area contributed by atoms with Gasteiger partial charge in [-0.05, 0) is 55.4 Å². The molecule has 194 valence electrons. The number of aromatic nitrogens is 3. The second kappa shape index (κ2) is 10.1. The monoisotopic (exact) mass is 535 g/mol. The summed E-state index contributed by atoms with van der Waals surface area (Å²) in [5.74, 6) is 0.0278. The van der Waals surface area contributed by atoms with Crippen LogP contribution in [0.3, 0.4) is 0 Å². The van der Waals surface area contributed by atoms with E-state index >= 15 is 0 Å². The summed E-state index contributed by atoms with van der Waals surface area (Å²) in [6.45, 7) is 3.87. The van der Waals surface area contributed by atoms with Crippen molar-refractivity contribution in [3.05, 3.63) is 87.5 Å². The van der Waals surface area contributed by atoms with Crippen molar-refractivity contribution in [2.75, 3.05) is 13.1 Å². The summed E-state index contributed by atoms with van der Waals surface area (Å²) in [7, 11) is 1.81. The average Bonchev–Trinajstić information content (AvgIpc) is 3.44. The number of carbonyl (C=O) groups is 1. The second-order valence-corrected chi connectivity index (χ2v) is 10.2. The van der Waals surface area contributed by atoms with Crippen LogP contribution in [0.4, 0.5) is 8.78 Å². The van der Waals surface area contributed by atoms with E-state index in [1.54, 1.807) is 28.8 Å². The number of carbonyl (C=O) groups excluding carboxylic acids is 1. The number of hydrogen-bond acceptors (Lipinski definition) is 6. The molecule has 0 N–H and O–H groups in total. The van der Waals surface area contributed by atoms with Crippen molar-refractivity contribution >= 4 is 28.9 Å². The van der Waals surface area contributed by atoms with Gasteiger partial charge in [-0.25, -0.2) is 13.8 Å². The molecule has 1 atom stereocenters. The number of likely N-dealkylation sites (tertiary alicyclic amines) is 1. The van der Waals surface area contributed by atoms with Gasteiger partial charge >= 0.3 is 0 Å². The Kier molecular flexibility index (Phi) is 6.86. The van der Waals surface area contributed by atoms with Crippen molar-refractivity contribution in [2.45, 2.75) is 31.9 Å². The SMILES string of the molecule is Cn1c(CN2CCC(C)(c3ccc(F)c(COc4ccc(C#N)cc4Cl)n3)C2)nc2c(F)cc(C=O)cc21. The Morgan fingerprint density at radius 1 is 1.18 bits per heavy atom. The molecule has 10 heteroatoms. The number of aryl methyl sites for hydroxylation is 1. The highest BCUT2D eigenvalue weighted by Crippen LogP contribution is 2.35. The molecule has 2 aromatic heterocycles. The summed E-state index contributed by atoms with van der Waals surface area (Å²) in [5.41, 5.74) is 2.05. The van der Waals surface area contributed by atoms with Crippen molar-refractivity contribution in [1.29, 1.82) is 5.26 Å². The third kappa shape index (κ3) is 4.85. The molecule has 0 aliphatic carbocycles. The zero-order chi connectivity index (χ0) is 27.0. The quantitative estimate of drug-likeness (QED) is 0.298. The van der Waals surface area contributed by atoms with Crippen LogP contribution in [0.2, 0.25) is 5.02 Å². The zero-order valence-electron chi connectivity index (χ0n) is 20.8. The number of imidazole rings is 1. The number of nitriles is 1. The molecular weight excluding hydrogens is 512 g/mol. The van der Waals surface area contributed by atoms with Crippen molar-refractivity contribution in [3.8, 4) is 11.8 Å². The number of ether oxygens (including phenoxy) is 1. The molecule has 1 fully saturated rings. The molecule has 3 heterocycles. The molecule has 5 rings (SSSR count). The Morgan fingerprint density at radius 2 is 2.00 bits per heavy atom. The maximum absolute atomic E-state index is 14.6. The standard InChI is InChI=1S/C28H24ClF2N5O2/c1-28(25-6-4-20(30)22(33-25)15-38-24-5-3-17(12-32)9-19(24)29)7-8-36(16-28)13-26-34-27-21(31)10-18(14-37)11-23(27)35(26)2/h3-6,9-11,14H,7-8,13,15-16H2,1-2H3. The first kappa shape index (κ1) is 25.8. The highest BCUT2D eigenvalue weighted by atomic mass is 35.5. The fraction of sp³-hybridized carbons (Fsp3) is 0.286. The lowest BCUT2D eigenvalue weighted by Gasteiger charge is -2.25. The number of hydrogen-bond donors (Lipinski definition) is 0. The van der Waals surface area contributed by atoms with E-state index in [0.717, 1.165) is 18.7 Å². The lowest BCUT2D eigenvalue weighted by molar-refractivity contribution is 0.112. The van der Waals surface area contributed by atoms with E-state index in [1.807, 2.05) is 13.1 Å². The first-order chi connectivity index (χ1) is 18.2. The lowest BCUT2D eigenvalue weighted by atomic mass is 9.85. The van der Waals surface area contributed by atoms with Gasteiger partial charge in [-0.1, -0.05) is 18.5 Å². The van der Waals surface area contributed by atoms with E-state index in [4.69, 9.17) is 21.6 Å². The topological polar surface area (TPSA) is 84.0 Å². The summed E-state index contributed by atoms with van der Waals surface area (Å²) < 4.78 is 36.6. The van der Waals surface area contributed by atoms with Crippen molar-refractivity contribution in [3.63, 3.8) is 0 Å². The van der Waals surface area contributed by atoms with Crippen molar-refractivity contribution < 1.29 is 18.3 Å². The predicted octanol–water partition coefficient (Wildman–Crippen LogP) is 5.33. The molecule has 0 amide bonds. The second-order valence-electron chi connectivity index (χ2n) is 9.77. The van der Waals surface area contributed by atoms with Gasteiger partial charge in [-0.15, -0.1) is 0 Å². The van der Waals surface area contributed by atoms with Gasteiger partial charge in [0, 0.05) is 30.3 Å². The van der Waals surface area contributed by atoms with Crippen LogP contribution in [0, 0.1) is 23.0 Å². The first-order valence-corrected chi connectivity index (χ1v) is 12.4. The number of fused-ring (bicyclic) bond motifs is 1. The fourth-order valence-corrected chi connectivity index (χ4v) is 5.11. The predicted molar refractivity (Wildman–Crippen MR) is 138 cm³/mol. The summed E-state index contributed by atoms with van der Waals surface area (Å²) in [6, 6.07) is 12.6. The van der Waals surface area contributed by atoms with Crippen LogP contribution < -0.4 is 4.74 Å². The van der Waals surface area contributed by atoms with Crippen LogP contribution in [0.1, 0.15) is 46.5 Å². The molecule has 1 aliphatic rings. The summed E-state index contributed by atoms with van der Waals surface area (Å²) in [6.07, 6.45) is 1.41. The lowest BCUT2D eigenvalue weighted by Crippen LogP contribution is -2.30. The smallest absolute Gasteiger partial charge is 0.151 e. The maximum Gasteiger partial charge on any atom is 0.151 e. The van der Waals surface area contributed by atoms with Gasteiger partial charge < -0.3 is 9.30 Å². The zero-order valence-corrected chi connectivity index (χ0v) is 21.6. The number of benzene rings is 2. The maximum atomic E-state index is 14.6. The molecule has 1 saturated heterocycles. The van der Waals surface area contributed by atoms with E-state index in [0.29, 0.717) is 42.0 Å². The van der Waals surface area contributed by atoms with Crippen LogP contribution in [-0.4, -0.2) is 38.8 Å². The molecular formula is C28H24ClF2N5O2. The van der Waals surface area contributed by atoms with E-state index in [1.165, 1.54) is 18.2 Å². The fourth-order valence-electron chi connectivity index (χ4n) is 4.88. The van der Waals surface area contributed by atoms with E-state index in [9.17, 15) is 13.6 Å². The van der Waals surface area contributed by atoms with E-state index < -0.39 is 11.6 Å². The molecule has 2 aromatic carbocycles. The summed E-state index contributed by atoms with van der Waals surface area (Å²) >= 11 is 6.18. The Hall–Kier alpha value is -3.87. The van der Waals surface area contributed by atoms with Crippen LogP contribution in [0.5, 0.6) is 5.75 Å². The minimum absolute atomic E-state index is 0.112. The van der Waals surface area contributed by atoms with Crippen molar-refractivity contribution in [1.82, 2.24) is 19.4 Å². The third-order valence-electron chi connectivity index (χ3n) is 7.07. The Balaban J connectivity index is 1.32. The van der Waals surface area contributed by atoms with Gasteiger partial charge in [0.25, 0.3) is 0 Å². The largest absolute Gasteiger partial charge is 0.486 e. The Bertz CT molecular complexity index is 1600. The molecule has 38 heavy (non-hydrogen) atoms. The highest BCUT2D eigenvalue weighted by Gasteiger charge is 2.37. The number of nitrogens with zero attached hydrogens (tertiary/aromatic N) is 5. The molecule has 0 radical (unpaired) electrons. The molecule has 1 unspecified atom stereocenters. The number of rotatable bonds is 7. The molecule has 0 saturated carbocycles. The molecule has 1 aliphatic heterocycles. The van der Waals surface area contributed by atoms with Gasteiger partial charge in [0.05, 0.1) is 28.7 Å². The van der Waals surface area contributed by atoms with Gasteiger partial charge in [0.2, 0.25) is 0 Å². The van der Waals surface area contributed by atoms with E-state index in [-0.39, 0.29) is 33.8 Å². The van der Waals surface area contributed by atoms with Gasteiger partial charge in [-0.2, -0.15) is 5.26 Å². The van der Waals surface area contributed by atoms with E-state index in [2.05, 4.69) is 21.8 Å². The highest BCUT2D eigenvalue weighted by molar-refractivity contribution is 6.32. The van der Waals surface area contributed by atoms with Gasteiger partial charge in [0.15, 0.2) is 5.82 Å². The Morgan fingerprint density at radius 3 is 2.74 bits per heavy atom. The van der Waals surface area contributed by atoms with Gasteiger partial charge in [0.1, 0.15) is 41.5 Å². The molecule has 0 bridgehead atoms. The Labute approximate surface area is 223 Å². The molecule has 7 nitrogen and oxygen atoms in total. The average molecular weight is 536 g/mol. The van der Waals surface area contributed by atoms with Crippen LogP contribution in [0.15, 0.2) is 42.5 Å². The van der Waals surface area contributed by atoms with Crippen LogP contribution in [-0.2, 0) is 25.6 Å².